The molecular weight excluding hydrogens is 264 g/mol. The predicted octanol–water partition coefficient (Wildman–Crippen LogP) is 2.99. The van der Waals surface area contributed by atoms with E-state index in [2.05, 4.69) is 29.0 Å². The van der Waals surface area contributed by atoms with E-state index in [9.17, 15) is 0 Å². The van der Waals surface area contributed by atoms with Crippen LogP contribution in [0.1, 0.15) is 38.3 Å². The molecule has 114 valence electrons. The Morgan fingerprint density at radius 3 is 2.67 bits per heavy atom. The maximum absolute atomic E-state index is 5.67. The van der Waals surface area contributed by atoms with Crippen molar-refractivity contribution < 1.29 is 4.52 Å². The molecule has 0 fully saturated rings. The second-order valence-electron chi connectivity index (χ2n) is 5.80. The third-order valence-electron chi connectivity index (χ3n) is 3.79. The van der Waals surface area contributed by atoms with Crippen LogP contribution in [0.3, 0.4) is 0 Å². The van der Waals surface area contributed by atoms with Crippen LogP contribution in [0.25, 0.3) is 11.5 Å². The van der Waals surface area contributed by atoms with Crippen LogP contribution < -0.4 is 5.73 Å². The Balaban J connectivity index is 2.00. The third-order valence-corrected chi connectivity index (χ3v) is 3.79. The molecule has 2 rings (SSSR count). The predicted molar refractivity (Wildman–Crippen MR) is 82.6 cm³/mol. The van der Waals surface area contributed by atoms with Crippen molar-refractivity contribution in [3.8, 4) is 11.5 Å². The van der Waals surface area contributed by atoms with Crippen LogP contribution in [0.4, 0.5) is 0 Å². The minimum atomic E-state index is 0.564. The van der Waals surface area contributed by atoms with Crippen molar-refractivity contribution in [1.29, 1.82) is 0 Å². The molecule has 0 aliphatic heterocycles. The zero-order valence-electron chi connectivity index (χ0n) is 13.0. The molecular formula is C16H24N4O. The Kier molecular flexibility index (Phi) is 5.44. The Bertz CT molecular complexity index is 565. The maximum atomic E-state index is 5.67. The summed E-state index contributed by atoms with van der Waals surface area (Å²) in [4.78, 5) is 8.85. The van der Waals surface area contributed by atoms with E-state index in [1.807, 2.05) is 25.1 Å². The van der Waals surface area contributed by atoms with E-state index in [0.29, 0.717) is 23.6 Å². The number of pyridine rings is 1. The van der Waals surface area contributed by atoms with Crippen LogP contribution in [-0.4, -0.2) is 21.7 Å². The number of aromatic nitrogens is 3. The second-order valence-corrected chi connectivity index (χ2v) is 5.80. The standard InChI is InChI=1S/C16H24N4O/c1-11(2)13(9-10-17)7-8-15-19-16(20-21-15)14-6-4-5-12(3)18-14/h4-6,11,13H,7-10,17H2,1-3H3. The van der Waals surface area contributed by atoms with Gasteiger partial charge < -0.3 is 10.3 Å². The normalized spacial score (nSPS) is 12.8. The van der Waals surface area contributed by atoms with Crippen LogP contribution in [-0.2, 0) is 6.42 Å². The van der Waals surface area contributed by atoms with Gasteiger partial charge in [-0.2, -0.15) is 4.98 Å². The molecule has 0 bridgehead atoms. The Labute approximate surface area is 126 Å². The van der Waals surface area contributed by atoms with Gasteiger partial charge in [0.25, 0.3) is 0 Å². The lowest BCUT2D eigenvalue weighted by molar-refractivity contribution is 0.313. The molecule has 2 aromatic heterocycles. The summed E-state index contributed by atoms with van der Waals surface area (Å²) in [5.41, 5.74) is 7.37. The number of hydrogen-bond acceptors (Lipinski definition) is 5. The Morgan fingerprint density at radius 2 is 2.00 bits per heavy atom. The number of hydrogen-bond donors (Lipinski definition) is 1. The largest absolute Gasteiger partial charge is 0.339 e. The fraction of sp³-hybridized carbons (Fsp3) is 0.562. The fourth-order valence-electron chi connectivity index (χ4n) is 2.46. The van der Waals surface area contributed by atoms with Crippen LogP contribution in [0.5, 0.6) is 0 Å². The van der Waals surface area contributed by atoms with Gasteiger partial charge in [-0.1, -0.05) is 25.1 Å². The summed E-state index contributed by atoms with van der Waals surface area (Å²) in [7, 11) is 0. The molecule has 0 amide bonds. The number of nitrogens with zero attached hydrogens (tertiary/aromatic N) is 3. The molecule has 1 atom stereocenters. The summed E-state index contributed by atoms with van der Waals surface area (Å²) in [5, 5.41) is 4.02. The van der Waals surface area contributed by atoms with Gasteiger partial charge >= 0.3 is 0 Å². The van der Waals surface area contributed by atoms with Crippen molar-refractivity contribution in [2.75, 3.05) is 6.54 Å². The van der Waals surface area contributed by atoms with Gasteiger partial charge in [-0.05, 0) is 50.3 Å². The van der Waals surface area contributed by atoms with Crippen molar-refractivity contribution >= 4 is 0 Å². The highest BCUT2D eigenvalue weighted by Gasteiger charge is 2.15. The summed E-state index contributed by atoms with van der Waals surface area (Å²) in [6.07, 6.45) is 2.86. The van der Waals surface area contributed by atoms with Gasteiger partial charge in [0, 0.05) is 12.1 Å². The van der Waals surface area contributed by atoms with E-state index in [4.69, 9.17) is 10.3 Å². The summed E-state index contributed by atoms with van der Waals surface area (Å²) >= 11 is 0. The van der Waals surface area contributed by atoms with Crippen LogP contribution in [0.2, 0.25) is 0 Å². The molecule has 0 saturated heterocycles. The zero-order chi connectivity index (χ0) is 15.2. The van der Waals surface area contributed by atoms with E-state index < -0.39 is 0 Å². The van der Waals surface area contributed by atoms with Crippen molar-refractivity contribution in [2.45, 2.75) is 40.0 Å². The van der Waals surface area contributed by atoms with E-state index in [-0.39, 0.29) is 0 Å². The first-order valence-corrected chi connectivity index (χ1v) is 7.57. The first-order chi connectivity index (χ1) is 10.1. The molecule has 0 saturated carbocycles. The average Bonchev–Trinajstić information content (AvgIpc) is 2.92. The van der Waals surface area contributed by atoms with Gasteiger partial charge in [0.1, 0.15) is 5.69 Å². The molecule has 5 heteroatoms. The van der Waals surface area contributed by atoms with Crippen molar-refractivity contribution in [3.05, 3.63) is 29.8 Å². The van der Waals surface area contributed by atoms with Gasteiger partial charge in [0.15, 0.2) is 0 Å². The summed E-state index contributed by atoms with van der Waals surface area (Å²) in [6, 6.07) is 5.79. The lowest BCUT2D eigenvalue weighted by atomic mass is 9.88. The van der Waals surface area contributed by atoms with E-state index in [0.717, 1.165) is 37.2 Å². The van der Waals surface area contributed by atoms with Crippen molar-refractivity contribution in [3.63, 3.8) is 0 Å². The van der Waals surface area contributed by atoms with Gasteiger partial charge in [-0.25, -0.2) is 4.98 Å². The molecule has 0 aliphatic rings. The highest BCUT2D eigenvalue weighted by Crippen LogP contribution is 2.21. The summed E-state index contributed by atoms with van der Waals surface area (Å²) in [5.74, 6) is 2.46. The van der Waals surface area contributed by atoms with Crippen molar-refractivity contribution in [1.82, 2.24) is 15.1 Å². The lowest BCUT2D eigenvalue weighted by Crippen LogP contribution is -2.15. The fourth-order valence-corrected chi connectivity index (χ4v) is 2.46. The highest BCUT2D eigenvalue weighted by molar-refractivity contribution is 5.47. The maximum Gasteiger partial charge on any atom is 0.227 e. The topological polar surface area (TPSA) is 77.8 Å². The molecule has 0 aliphatic carbocycles. The highest BCUT2D eigenvalue weighted by atomic mass is 16.5. The minimum absolute atomic E-state index is 0.564. The van der Waals surface area contributed by atoms with Crippen LogP contribution in [0.15, 0.2) is 22.7 Å². The molecule has 0 radical (unpaired) electrons. The summed E-state index contributed by atoms with van der Waals surface area (Å²) < 4.78 is 5.33. The van der Waals surface area contributed by atoms with E-state index in [1.165, 1.54) is 0 Å². The quantitative estimate of drug-likeness (QED) is 0.847. The van der Waals surface area contributed by atoms with Crippen LogP contribution in [0, 0.1) is 18.8 Å². The first kappa shape index (κ1) is 15.6. The number of nitrogens with two attached hydrogens (primary N) is 1. The first-order valence-electron chi connectivity index (χ1n) is 7.57. The second kappa shape index (κ2) is 7.31. The molecule has 2 N–H and O–H groups in total. The van der Waals surface area contributed by atoms with Crippen LogP contribution >= 0.6 is 0 Å². The van der Waals surface area contributed by atoms with Gasteiger partial charge in [-0.15, -0.1) is 0 Å². The SMILES string of the molecule is Cc1cccc(-c2noc(CCC(CCN)C(C)C)n2)n1. The lowest BCUT2D eigenvalue weighted by Gasteiger charge is -2.18. The van der Waals surface area contributed by atoms with E-state index >= 15 is 0 Å². The molecule has 2 aromatic rings. The summed E-state index contributed by atoms with van der Waals surface area (Å²) in [6.45, 7) is 7.14. The Hall–Kier alpha value is -1.75. The number of aryl methyl sites for hydroxylation is 2. The van der Waals surface area contributed by atoms with Gasteiger partial charge in [0.2, 0.25) is 11.7 Å². The van der Waals surface area contributed by atoms with E-state index in [1.54, 1.807) is 0 Å². The smallest absolute Gasteiger partial charge is 0.227 e. The van der Waals surface area contributed by atoms with Gasteiger partial charge in [0.05, 0.1) is 0 Å². The molecule has 21 heavy (non-hydrogen) atoms. The van der Waals surface area contributed by atoms with Crippen molar-refractivity contribution in [2.24, 2.45) is 17.6 Å². The molecule has 2 heterocycles. The number of rotatable bonds is 7. The molecule has 0 spiro atoms. The average molecular weight is 288 g/mol. The minimum Gasteiger partial charge on any atom is -0.339 e. The monoisotopic (exact) mass is 288 g/mol. The molecule has 5 nitrogen and oxygen atoms in total. The molecule has 0 aromatic carbocycles. The molecule has 1 unspecified atom stereocenters. The van der Waals surface area contributed by atoms with Gasteiger partial charge in [-0.3, -0.25) is 0 Å². The third kappa shape index (κ3) is 4.36. The zero-order valence-corrected chi connectivity index (χ0v) is 13.0. The Morgan fingerprint density at radius 1 is 1.19 bits per heavy atom.